The van der Waals surface area contributed by atoms with Crippen molar-refractivity contribution in [2.24, 2.45) is 0 Å². The van der Waals surface area contributed by atoms with Crippen LogP contribution in [0.3, 0.4) is 0 Å². The molecule has 0 amide bonds. The number of aliphatic carboxylic acids is 1. The Morgan fingerprint density at radius 3 is 2.03 bits per heavy atom. The molecule has 1 N–H and O–H groups in total. The molecule has 184 valence electrons. The first kappa shape index (κ1) is 24.9. The molecule has 1 aliphatic heterocycles. The summed E-state index contributed by atoms with van der Waals surface area (Å²) in [5.41, 5.74) is 7.64. The molecule has 0 fully saturated rings. The maximum absolute atomic E-state index is 10.8. The van der Waals surface area contributed by atoms with Crippen molar-refractivity contribution in [1.29, 1.82) is 0 Å². The number of nitrogens with zero attached hydrogens (tertiary/aromatic N) is 3. The van der Waals surface area contributed by atoms with E-state index in [0.717, 1.165) is 85.5 Å². The number of anilines is 1. The van der Waals surface area contributed by atoms with Crippen LogP contribution >= 0.6 is 0 Å². The minimum atomic E-state index is -0.704. The number of benzene rings is 2. The molecule has 3 aromatic rings. The Kier molecular flexibility index (Phi) is 8.17. The van der Waals surface area contributed by atoms with Crippen LogP contribution in [0.4, 0.5) is 5.82 Å². The number of carboxylic acid groups (broad SMARTS) is 1. The Morgan fingerprint density at radius 1 is 0.886 bits per heavy atom. The zero-order chi connectivity index (χ0) is 24.8. The first-order valence-corrected chi connectivity index (χ1v) is 13.0. The molecule has 1 aliphatic rings. The van der Waals surface area contributed by atoms with Crippen LogP contribution in [-0.2, 0) is 11.2 Å². The molecule has 5 heteroatoms. The Labute approximate surface area is 209 Å². The number of hydrogen-bond acceptors (Lipinski definition) is 4. The molecule has 0 spiro atoms. The van der Waals surface area contributed by atoms with E-state index in [9.17, 15) is 4.79 Å². The van der Waals surface area contributed by atoms with Gasteiger partial charge in [0.1, 0.15) is 0 Å². The fourth-order valence-corrected chi connectivity index (χ4v) is 4.94. The molecule has 0 radical (unpaired) electrons. The lowest BCUT2D eigenvalue weighted by molar-refractivity contribution is -0.137. The number of hydrogen-bond donors (Lipinski definition) is 1. The lowest BCUT2D eigenvalue weighted by atomic mass is 9.97. The zero-order valence-electron chi connectivity index (χ0n) is 21.3. The summed E-state index contributed by atoms with van der Waals surface area (Å²) < 4.78 is 0. The van der Waals surface area contributed by atoms with Gasteiger partial charge in [0.15, 0.2) is 5.82 Å². The maximum atomic E-state index is 10.8. The van der Waals surface area contributed by atoms with Crippen LogP contribution in [0, 0.1) is 13.8 Å². The standard InChI is InChI=1S/C30H37N3O2/c1-4-25-18-19-26-30(33(25)20-8-6-5-7-9-27(34)35)32-29(24-16-12-22(3)13-17-24)28(31-26)23-14-10-21(2)11-15-23/h10-17,25H,4-9,18-20H2,1-3H3,(H,34,35). The molecule has 1 atom stereocenters. The molecule has 0 bridgehead atoms. The van der Waals surface area contributed by atoms with Crippen LogP contribution in [0.15, 0.2) is 48.5 Å². The predicted molar refractivity (Wildman–Crippen MR) is 143 cm³/mol. The van der Waals surface area contributed by atoms with Gasteiger partial charge in [0.2, 0.25) is 0 Å². The van der Waals surface area contributed by atoms with Crippen LogP contribution in [-0.4, -0.2) is 33.6 Å². The summed E-state index contributed by atoms with van der Waals surface area (Å²) in [4.78, 5) is 23.8. The van der Waals surface area contributed by atoms with Gasteiger partial charge in [0.25, 0.3) is 0 Å². The largest absolute Gasteiger partial charge is 0.481 e. The summed E-state index contributed by atoms with van der Waals surface area (Å²) in [6, 6.07) is 17.6. The number of rotatable bonds is 10. The van der Waals surface area contributed by atoms with E-state index in [1.165, 1.54) is 11.1 Å². The smallest absolute Gasteiger partial charge is 0.303 e. The Morgan fingerprint density at radius 2 is 1.46 bits per heavy atom. The van der Waals surface area contributed by atoms with Crippen molar-refractivity contribution >= 4 is 11.8 Å². The van der Waals surface area contributed by atoms with Crippen LogP contribution < -0.4 is 4.90 Å². The van der Waals surface area contributed by atoms with Crippen LogP contribution in [0.25, 0.3) is 22.5 Å². The SMILES string of the molecule is CCC1CCc2nc(-c3ccc(C)cc3)c(-c3ccc(C)cc3)nc2N1CCCCCCC(=O)O. The second-order valence-electron chi connectivity index (χ2n) is 9.78. The molecule has 0 saturated carbocycles. The number of carboxylic acids is 1. The van der Waals surface area contributed by atoms with E-state index < -0.39 is 5.97 Å². The third kappa shape index (κ3) is 6.08. The number of carbonyl (C=O) groups is 1. The van der Waals surface area contributed by atoms with E-state index in [-0.39, 0.29) is 6.42 Å². The minimum Gasteiger partial charge on any atom is -0.481 e. The van der Waals surface area contributed by atoms with Crippen molar-refractivity contribution in [1.82, 2.24) is 9.97 Å². The quantitative estimate of drug-likeness (QED) is 0.323. The summed E-state index contributed by atoms with van der Waals surface area (Å²) >= 11 is 0. The van der Waals surface area contributed by atoms with E-state index in [1.807, 2.05) is 0 Å². The zero-order valence-corrected chi connectivity index (χ0v) is 21.3. The first-order valence-electron chi connectivity index (χ1n) is 13.0. The average Bonchev–Trinajstić information content (AvgIpc) is 2.86. The Bertz CT molecular complexity index is 1140. The highest BCUT2D eigenvalue weighted by Gasteiger charge is 2.29. The number of fused-ring (bicyclic) bond motifs is 1. The normalized spacial score (nSPS) is 15.2. The highest BCUT2D eigenvalue weighted by molar-refractivity contribution is 5.80. The van der Waals surface area contributed by atoms with Gasteiger partial charge in [-0.3, -0.25) is 4.79 Å². The van der Waals surface area contributed by atoms with Gasteiger partial charge in [-0.25, -0.2) is 9.97 Å². The molecular weight excluding hydrogens is 434 g/mol. The van der Waals surface area contributed by atoms with Gasteiger partial charge >= 0.3 is 5.97 Å². The van der Waals surface area contributed by atoms with E-state index in [0.29, 0.717) is 6.04 Å². The van der Waals surface area contributed by atoms with E-state index in [1.54, 1.807) is 0 Å². The van der Waals surface area contributed by atoms with Crippen molar-refractivity contribution in [3.05, 3.63) is 65.4 Å². The number of aryl methyl sites for hydroxylation is 3. The van der Waals surface area contributed by atoms with Gasteiger partial charge in [-0.05, 0) is 46.0 Å². The molecule has 1 unspecified atom stereocenters. The van der Waals surface area contributed by atoms with Gasteiger partial charge in [-0.15, -0.1) is 0 Å². The van der Waals surface area contributed by atoms with Gasteiger partial charge in [-0.1, -0.05) is 79.4 Å². The summed E-state index contributed by atoms with van der Waals surface area (Å²) in [5.74, 6) is 0.323. The summed E-state index contributed by atoms with van der Waals surface area (Å²) in [7, 11) is 0. The van der Waals surface area contributed by atoms with Crippen molar-refractivity contribution < 1.29 is 9.90 Å². The topological polar surface area (TPSA) is 66.3 Å². The number of unbranched alkanes of at least 4 members (excludes halogenated alkanes) is 3. The lowest BCUT2D eigenvalue weighted by Gasteiger charge is -2.37. The van der Waals surface area contributed by atoms with Gasteiger partial charge < -0.3 is 10.0 Å². The monoisotopic (exact) mass is 471 g/mol. The Balaban J connectivity index is 1.68. The van der Waals surface area contributed by atoms with Crippen molar-refractivity contribution in [3.63, 3.8) is 0 Å². The predicted octanol–water partition coefficient (Wildman–Crippen LogP) is 6.99. The molecule has 4 rings (SSSR count). The van der Waals surface area contributed by atoms with E-state index in [2.05, 4.69) is 74.2 Å². The van der Waals surface area contributed by atoms with Crippen LogP contribution in [0.5, 0.6) is 0 Å². The van der Waals surface area contributed by atoms with Gasteiger partial charge in [0, 0.05) is 30.1 Å². The van der Waals surface area contributed by atoms with E-state index in [4.69, 9.17) is 15.1 Å². The lowest BCUT2D eigenvalue weighted by Crippen LogP contribution is -2.41. The first-order chi connectivity index (χ1) is 17.0. The second-order valence-corrected chi connectivity index (χ2v) is 9.78. The summed E-state index contributed by atoms with van der Waals surface area (Å²) in [6.45, 7) is 7.40. The fourth-order valence-electron chi connectivity index (χ4n) is 4.94. The summed E-state index contributed by atoms with van der Waals surface area (Å²) in [5, 5.41) is 8.88. The minimum absolute atomic E-state index is 0.261. The molecule has 35 heavy (non-hydrogen) atoms. The molecule has 2 aromatic carbocycles. The molecular formula is C30H37N3O2. The fraction of sp³-hybridized carbons (Fsp3) is 0.433. The van der Waals surface area contributed by atoms with Gasteiger partial charge in [0.05, 0.1) is 17.1 Å². The summed E-state index contributed by atoms with van der Waals surface area (Å²) in [6.07, 6.45) is 7.16. The average molecular weight is 472 g/mol. The molecule has 0 saturated heterocycles. The highest BCUT2D eigenvalue weighted by Crippen LogP contribution is 2.37. The van der Waals surface area contributed by atoms with Crippen molar-refractivity contribution in [2.45, 2.75) is 78.2 Å². The van der Waals surface area contributed by atoms with Crippen LogP contribution in [0.1, 0.15) is 68.7 Å². The molecule has 5 nitrogen and oxygen atoms in total. The third-order valence-corrected chi connectivity index (χ3v) is 7.03. The number of aromatic nitrogens is 2. The van der Waals surface area contributed by atoms with Crippen molar-refractivity contribution in [3.8, 4) is 22.5 Å². The highest BCUT2D eigenvalue weighted by atomic mass is 16.4. The van der Waals surface area contributed by atoms with E-state index >= 15 is 0 Å². The van der Waals surface area contributed by atoms with Crippen molar-refractivity contribution in [2.75, 3.05) is 11.4 Å². The molecule has 2 heterocycles. The third-order valence-electron chi connectivity index (χ3n) is 7.03. The molecule has 1 aromatic heterocycles. The molecule has 0 aliphatic carbocycles. The second kappa shape index (κ2) is 11.5. The van der Waals surface area contributed by atoms with Crippen LogP contribution in [0.2, 0.25) is 0 Å². The maximum Gasteiger partial charge on any atom is 0.303 e. The van der Waals surface area contributed by atoms with Gasteiger partial charge in [-0.2, -0.15) is 0 Å². The Hall–Kier alpha value is -3.21.